The highest BCUT2D eigenvalue weighted by Gasteiger charge is 2.18. The Labute approximate surface area is 120 Å². The smallest absolute Gasteiger partial charge is 0.180 e. The normalized spacial score (nSPS) is 14.5. The molecular formula is C14H20N2O3S. The first-order chi connectivity index (χ1) is 9.30. The molecule has 0 fully saturated rings. The molecule has 1 unspecified atom stereocenters. The molecule has 5 nitrogen and oxygen atoms in total. The van der Waals surface area contributed by atoms with Crippen LogP contribution in [0.3, 0.4) is 0 Å². The number of sulfone groups is 1. The van der Waals surface area contributed by atoms with Crippen LogP contribution in [0.4, 0.5) is 0 Å². The molecule has 0 saturated carbocycles. The molecule has 0 radical (unpaired) electrons. The van der Waals surface area contributed by atoms with Gasteiger partial charge in [-0.2, -0.15) is 5.26 Å². The average Bonchev–Trinajstić information content (AvgIpc) is 2.44. The lowest BCUT2D eigenvalue weighted by Gasteiger charge is -2.22. The Morgan fingerprint density at radius 1 is 1.35 bits per heavy atom. The van der Waals surface area contributed by atoms with Crippen molar-refractivity contribution in [3.63, 3.8) is 0 Å². The van der Waals surface area contributed by atoms with Crippen LogP contribution in [0.15, 0.2) is 29.2 Å². The van der Waals surface area contributed by atoms with Gasteiger partial charge < -0.3 is 10.5 Å². The number of nitrogens with two attached hydrogens (primary N) is 1. The fourth-order valence-electron chi connectivity index (χ4n) is 1.43. The van der Waals surface area contributed by atoms with Gasteiger partial charge in [0.1, 0.15) is 0 Å². The molecule has 0 amide bonds. The third kappa shape index (κ3) is 4.93. The molecule has 0 aromatic heterocycles. The summed E-state index contributed by atoms with van der Waals surface area (Å²) in [7, 11) is -3.38. The summed E-state index contributed by atoms with van der Waals surface area (Å²) < 4.78 is 29.4. The van der Waals surface area contributed by atoms with E-state index in [1.54, 1.807) is 0 Å². The first-order valence-corrected chi connectivity index (χ1v) is 8.05. The number of hydrogen-bond donors (Lipinski definition) is 1. The van der Waals surface area contributed by atoms with E-state index in [2.05, 4.69) is 0 Å². The van der Waals surface area contributed by atoms with Crippen LogP contribution in [0.5, 0.6) is 0 Å². The van der Waals surface area contributed by atoms with E-state index >= 15 is 0 Å². The Bertz CT molecular complexity index is 571. The molecule has 6 heteroatoms. The highest BCUT2D eigenvalue weighted by molar-refractivity contribution is 7.91. The fourth-order valence-corrected chi connectivity index (χ4v) is 2.55. The highest BCUT2D eigenvalue weighted by atomic mass is 32.2. The highest BCUT2D eigenvalue weighted by Crippen LogP contribution is 2.12. The van der Waals surface area contributed by atoms with Crippen LogP contribution in [0.1, 0.15) is 25.8 Å². The molecule has 0 spiro atoms. The quantitative estimate of drug-likeness (QED) is 0.769. The topological polar surface area (TPSA) is 93.2 Å². The Hall–Kier alpha value is -1.42. The van der Waals surface area contributed by atoms with Gasteiger partial charge in [0, 0.05) is 5.54 Å². The van der Waals surface area contributed by atoms with Crippen LogP contribution in [0.2, 0.25) is 0 Å². The molecule has 20 heavy (non-hydrogen) atoms. The summed E-state index contributed by atoms with van der Waals surface area (Å²) in [6, 6.07) is 7.80. The van der Waals surface area contributed by atoms with E-state index in [0.29, 0.717) is 12.2 Å². The van der Waals surface area contributed by atoms with Crippen molar-refractivity contribution < 1.29 is 13.2 Å². The average molecular weight is 296 g/mol. The van der Waals surface area contributed by atoms with Gasteiger partial charge in [0.15, 0.2) is 9.84 Å². The van der Waals surface area contributed by atoms with Gasteiger partial charge in [-0.15, -0.1) is 0 Å². The minimum atomic E-state index is -3.38. The van der Waals surface area contributed by atoms with Crippen LogP contribution in [-0.4, -0.2) is 32.9 Å². The number of rotatable bonds is 7. The van der Waals surface area contributed by atoms with Crippen molar-refractivity contribution >= 4 is 9.84 Å². The van der Waals surface area contributed by atoms with Crippen molar-refractivity contribution in [2.45, 2.75) is 30.7 Å². The van der Waals surface area contributed by atoms with Gasteiger partial charge in [-0.1, -0.05) is 6.92 Å². The lowest BCUT2D eigenvalue weighted by molar-refractivity contribution is 0.101. The molecule has 2 N–H and O–H groups in total. The summed E-state index contributed by atoms with van der Waals surface area (Å²) in [4.78, 5) is 0.200. The maximum atomic E-state index is 12.0. The SMILES string of the molecule is CCC(C)(N)COCCS(=O)(=O)c1ccc(C#N)cc1. The zero-order valence-electron chi connectivity index (χ0n) is 11.8. The third-order valence-corrected chi connectivity index (χ3v) is 4.77. The predicted octanol–water partition coefficient (Wildman–Crippen LogP) is 1.48. The van der Waals surface area contributed by atoms with E-state index in [1.165, 1.54) is 24.3 Å². The molecule has 0 aliphatic carbocycles. The molecule has 1 rings (SSSR count). The first-order valence-electron chi connectivity index (χ1n) is 6.40. The van der Waals surface area contributed by atoms with Crippen LogP contribution < -0.4 is 5.73 Å². The van der Waals surface area contributed by atoms with Crippen molar-refractivity contribution in [2.75, 3.05) is 19.0 Å². The number of hydrogen-bond acceptors (Lipinski definition) is 5. The summed E-state index contributed by atoms with van der Waals surface area (Å²) >= 11 is 0. The van der Waals surface area contributed by atoms with Crippen molar-refractivity contribution in [1.82, 2.24) is 0 Å². The van der Waals surface area contributed by atoms with E-state index in [-0.39, 0.29) is 17.3 Å². The summed E-state index contributed by atoms with van der Waals surface area (Å²) in [6.45, 7) is 4.25. The van der Waals surface area contributed by atoms with E-state index in [1.807, 2.05) is 19.9 Å². The second-order valence-electron chi connectivity index (χ2n) is 5.02. The Morgan fingerprint density at radius 2 is 1.95 bits per heavy atom. The Morgan fingerprint density at radius 3 is 2.45 bits per heavy atom. The molecule has 1 atom stereocenters. The van der Waals surface area contributed by atoms with Gasteiger partial charge in [-0.3, -0.25) is 0 Å². The predicted molar refractivity (Wildman–Crippen MR) is 76.9 cm³/mol. The van der Waals surface area contributed by atoms with Crippen molar-refractivity contribution in [3.05, 3.63) is 29.8 Å². The summed E-state index contributed by atoms with van der Waals surface area (Å²) in [5, 5.41) is 8.67. The molecule has 1 aromatic rings. The van der Waals surface area contributed by atoms with Gasteiger partial charge >= 0.3 is 0 Å². The third-order valence-electron chi connectivity index (χ3n) is 3.08. The summed E-state index contributed by atoms with van der Waals surface area (Å²) in [5.74, 6) is -0.0985. The Balaban J connectivity index is 2.56. The lowest BCUT2D eigenvalue weighted by Crippen LogP contribution is -2.40. The van der Waals surface area contributed by atoms with E-state index in [4.69, 9.17) is 15.7 Å². The maximum absolute atomic E-state index is 12.0. The van der Waals surface area contributed by atoms with Gasteiger partial charge in [-0.05, 0) is 37.6 Å². The van der Waals surface area contributed by atoms with Crippen molar-refractivity contribution in [3.8, 4) is 6.07 Å². The standard InChI is InChI=1S/C14H20N2O3S/c1-3-14(2,16)11-19-8-9-20(17,18)13-6-4-12(10-15)5-7-13/h4-7H,3,8-9,11,16H2,1-2H3. The van der Waals surface area contributed by atoms with E-state index < -0.39 is 15.4 Å². The van der Waals surface area contributed by atoms with Gasteiger partial charge in [0.2, 0.25) is 0 Å². The van der Waals surface area contributed by atoms with E-state index in [0.717, 1.165) is 6.42 Å². The van der Waals surface area contributed by atoms with Gasteiger partial charge in [0.25, 0.3) is 0 Å². The van der Waals surface area contributed by atoms with Gasteiger partial charge in [-0.25, -0.2) is 8.42 Å². The summed E-state index contributed by atoms with van der Waals surface area (Å²) in [6.07, 6.45) is 0.759. The minimum Gasteiger partial charge on any atom is -0.378 e. The first kappa shape index (κ1) is 16.6. The minimum absolute atomic E-state index is 0.0985. The number of nitrogens with zero attached hydrogens (tertiary/aromatic N) is 1. The largest absolute Gasteiger partial charge is 0.378 e. The molecular weight excluding hydrogens is 276 g/mol. The van der Waals surface area contributed by atoms with Crippen LogP contribution >= 0.6 is 0 Å². The van der Waals surface area contributed by atoms with Crippen LogP contribution in [-0.2, 0) is 14.6 Å². The van der Waals surface area contributed by atoms with Crippen molar-refractivity contribution in [2.24, 2.45) is 5.73 Å². The molecule has 0 heterocycles. The number of benzene rings is 1. The van der Waals surface area contributed by atoms with E-state index in [9.17, 15) is 8.42 Å². The fraction of sp³-hybridized carbons (Fsp3) is 0.500. The monoisotopic (exact) mass is 296 g/mol. The molecule has 1 aromatic carbocycles. The number of ether oxygens (including phenoxy) is 1. The maximum Gasteiger partial charge on any atom is 0.180 e. The molecule has 0 saturated heterocycles. The molecule has 0 bridgehead atoms. The molecule has 110 valence electrons. The molecule has 0 aliphatic rings. The van der Waals surface area contributed by atoms with Gasteiger partial charge in [0.05, 0.1) is 35.5 Å². The lowest BCUT2D eigenvalue weighted by atomic mass is 10.0. The second-order valence-corrected chi connectivity index (χ2v) is 7.12. The molecule has 0 aliphatic heterocycles. The number of nitriles is 1. The Kier molecular flexibility index (Phi) is 5.69. The zero-order chi connectivity index (χ0) is 15.2. The second kappa shape index (κ2) is 6.84. The summed E-state index contributed by atoms with van der Waals surface area (Å²) in [5.41, 5.74) is 5.90. The zero-order valence-corrected chi connectivity index (χ0v) is 12.6. The van der Waals surface area contributed by atoms with Crippen LogP contribution in [0.25, 0.3) is 0 Å². The van der Waals surface area contributed by atoms with Crippen molar-refractivity contribution in [1.29, 1.82) is 5.26 Å². The van der Waals surface area contributed by atoms with Crippen LogP contribution in [0, 0.1) is 11.3 Å².